The van der Waals surface area contributed by atoms with Crippen molar-refractivity contribution in [2.24, 2.45) is 5.73 Å². The van der Waals surface area contributed by atoms with E-state index < -0.39 is 0 Å². The Morgan fingerprint density at radius 3 is 2.65 bits per heavy atom. The van der Waals surface area contributed by atoms with Gasteiger partial charge in [0, 0.05) is 24.4 Å². The van der Waals surface area contributed by atoms with Gasteiger partial charge in [-0.3, -0.25) is 4.98 Å². The molecule has 0 aliphatic heterocycles. The lowest BCUT2D eigenvalue weighted by molar-refractivity contribution is 0.414. The van der Waals surface area contributed by atoms with Crippen molar-refractivity contribution < 1.29 is 4.74 Å². The minimum absolute atomic E-state index is 0.0714. The topological polar surface area (TPSA) is 48.1 Å². The SMILES string of the molecule is CCc1ccc(CC(N)Cc2cccc(OC)c2)nc1. The van der Waals surface area contributed by atoms with Gasteiger partial charge in [-0.15, -0.1) is 0 Å². The number of hydrogen-bond acceptors (Lipinski definition) is 3. The summed E-state index contributed by atoms with van der Waals surface area (Å²) >= 11 is 0. The van der Waals surface area contributed by atoms with Gasteiger partial charge in [-0.1, -0.05) is 25.1 Å². The molecule has 0 radical (unpaired) electrons. The molecule has 0 fully saturated rings. The average Bonchev–Trinajstić information content (AvgIpc) is 2.48. The molecule has 2 aromatic rings. The molecule has 0 saturated heterocycles. The molecule has 0 saturated carbocycles. The first-order chi connectivity index (χ1) is 9.71. The van der Waals surface area contributed by atoms with Gasteiger partial charge in [0.05, 0.1) is 7.11 Å². The van der Waals surface area contributed by atoms with Crippen LogP contribution in [0.25, 0.3) is 0 Å². The standard InChI is InChI=1S/C17H22N2O/c1-3-13-7-8-16(19-12-13)11-15(18)9-14-5-4-6-17(10-14)20-2/h4-8,10,12,15H,3,9,11,18H2,1-2H3. The molecule has 1 unspecified atom stereocenters. The molecule has 1 atom stereocenters. The van der Waals surface area contributed by atoms with Crippen molar-refractivity contribution in [2.45, 2.75) is 32.2 Å². The Kier molecular flexibility index (Phi) is 5.13. The predicted molar refractivity (Wildman–Crippen MR) is 82.0 cm³/mol. The number of methoxy groups -OCH3 is 1. The van der Waals surface area contributed by atoms with Crippen LogP contribution >= 0.6 is 0 Å². The van der Waals surface area contributed by atoms with Gasteiger partial charge in [-0.05, 0) is 42.2 Å². The van der Waals surface area contributed by atoms with Gasteiger partial charge in [0.2, 0.25) is 0 Å². The fraction of sp³-hybridized carbons (Fsp3) is 0.353. The van der Waals surface area contributed by atoms with Gasteiger partial charge in [0.1, 0.15) is 5.75 Å². The summed E-state index contributed by atoms with van der Waals surface area (Å²) in [5.74, 6) is 0.875. The van der Waals surface area contributed by atoms with E-state index in [1.54, 1.807) is 7.11 Å². The summed E-state index contributed by atoms with van der Waals surface area (Å²) in [4.78, 5) is 4.46. The Balaban J connectivity index is 1.95. The van der Waals surface area contributed by atoms with Crippen molar-refractivity contribution in [3.63, 3.8) is 0 Å². The molecule has 3 heteroatoms. The first-order valence-corrected chi connectivity index (χ1v) is 7.03. The van der Waals surface area contributed by atoms with Crippen molar-refractivity contribution in [3.05, 3.63) is 59.4 Å². The van der Waals surface area contributed by atoms with Gasteiger partial charge in [0.25, 0.3) is 0 Å². The Labute approximate surface area is 120 Å². The summed E-state index contributed by atoms with van der Waals surface area (Å²) in [6.07, 6.45) is 4.58. The van der Waals surface area contributed by atoms with E-state index in [9.17, 15) is 0 Å². The van der Waals surface area contributed by atoms with Crippen molar-refractivity contribution in [1.29, 1.82) is 0 Å². The van der Waals surface area contributed by atoms with E-state index in [0.29, 0.717) is 0 Å². The summed E-state index contributed by atoms with van der Waals surface area (Å²) < 4.78 is 5.23. The molecule has 1 aromatic carbocycles. The number of aromatic nitrogens is 1. The van der Waals surface area contributed by atoms with E-state index in [1.165, 1.54) is 11.1 Å². The highest BCUT2D eigenvalue weighted by Gasteiger charge is 2.07. The molecule has 3 nitrogen and oxygen atoms in total. The summed E-state index contributed by atoms with van der Waals surface area (Å²) in [5.41, 5.74) is 9.73. The lowest BCUT2D eigenvalue weighted by Gasteiger charge is -2.12. The third-order valence-electron chi connectivity index (χ3n) is 3.40. The normalized spacial score (nSPS) is 12.2. The molecule has 0 spiro atoms. The Bertz CT molecular complexity index is 537. The van der Waals surface area contributed by atoms with E-state index in [2.05, 4.69) is 30.1 Å². The van der Waals surface area contributed by atoms with Crippen LogP contribution in [0.1, 0.15) is 23.7 Å². The second kappa shape index (κ2) is 7.06. The number of rotatable bonds is 6. The Hall–Kier alpha value is -1.87. The molecule has 0 aliphatic rings. The molecule has 106 valence electrons. The molecule has 0 amide bonds. The van der Waals surface area contributed by atoms with Crippen LogP contribution in [0.3, 0.4) is 0 Å². The molecule has 2 N–H and O–H groups in total. The molecule has 1 aromatic heterocycles. The van der Waals surface area contributed by atoms with Crippen LogP contribution < -0.4 is 10.5 Å². The number of aryl methyl sites for hydroxylation is 1. The van der Waals surface area contributed by atoms with Crippen LogP contribution in [-0.2, 0) is 19.3 Å². The van der Waals surface area contributed by atoms with Gasteiger partial charge >= 0.3 is 0 Å². The number of nitrogens with two attached hydrogens (primary N) is 1. The summed E-state index contributed by atoms with van der Waals surface area (Å²) in [7, 11) is 1.68. The zero-order valence-corrected chi connectivity index (χ0v) is 12.2. The van der Waals surface area contributed by atoms with Crippen LogP contribution in [0.4, 0.5) is 0 Å². The van der Waals surface area contributed by atoms with E-state index in [-0.39, 0.29) is 6.04 Å². The lowest BCUT2D eigenvalue weighted by atomic mass is 10.0. The zero-order chi connectivity index (χ0) is 14.4. The largest absolute Gasteiger partial charge is 0.497 e. The highest BCUT2D eigenvalue weighted by Crippen LogP contribution is 2.14. The van der Waals surface area contributed by atoms with E-state index in [1.807, 2.05) is 24.4 Å². The highest BCUT2D eigenvalue weighted by atomic mass is 16.5. The fourth-order valence-corrected chi connectivity index (χ4v) is 2.23. The van der Waals surface area contributed by atoms with Crippen LogP contribution in [0.5, 0.6) is 5.75 Å². The number of nitrogens with zero attached hydrogens (tertiary/aromatic N) is 1. The minimum Gasteiger partial charge on any atom is -0.497 e. The number of ether oxygens (including phenoxy) is 1. The second-order valence-electron chi connectivity index (χ2n) is 5.03. The maximum absolute atomic E-state index is 6.22. The first kappa shape index (κ1) is 14.5. The van der Waals surface area contributed by atoms with Crippen molar-refractivity contribution in [3.8, 4) is 5.75 Å². The molecule has 1 heterocycles. The van der Waals surface area contributed by atoms with Gasteiger partial charge < -0.3 is 10.5 Å². The molecule has 20 heavy (non-hydrogen) atoms. The average molecular weight is 270 g/mol. The maximum Gasteiger partial charge on any atom is 0.119 e. The van der Waals surface area contributed by atoms with Crippen LogP contribution in [-0.4, -0.2) is 18.1 Å². The Morgan fingerprint density at radius 1 is 1.15 bits per heavy atom. The van der Waals surface area contributed by atoms with E-state index in [4.69, 9.17) is 10.5 Å². The minimum atomic E-state index is 0.0714. The molecule has 0 bridgehead atoms. The van der Waals surface area contributed by atoms with Gasteiger partial charge in [-0.2, -0.15) is 0 Å². The van der Waals surface area contributed by atoms with Gasteiger partial charge in [-0.25, -0.2) is 0 Å². The Morgan fingerprint density at radius 2 is 2.00 bits per heavy atom. The molecule has 2 rings (SSSR count). The van der Waals surface area contributed by atoms with Crippen molar-refractivity contribution in [2.75, 3.05) is 7.11 Å². The molecular formula is C17H22N2O. The monoisotopic (exact) mass is 270 g/mol. The van der Waals surface area contributed by atoms with Gasteiger partial charge in [0.15, 0.2) is 0 Å². The fourth-order valence-electron chi connectivity index (χ4n) is 2.23. The smallest absolute Gasteiger partial charge is 0.119 e. The third kappa shape index (κ3) is 4.07. The third-order valence-corrected chi connectivity index (χ3v) is 3.40. The summed E-state index contributed by atoms with van der Waals surface area (Å²) in [5, 5.41) is 0. The van der Waals surface area contributed by atoms with Crippen LogP contribution in [0.2, 0.25) is 0 Å². The lowest BCUT2D eigenvalue weighted by Crippen LogP contribution is -2.26. The van der Waals surface area contributed by atoms with Crippen molar-refractivity contribution in [1.82, 2.24) is 4.98 Å². The van der Waals surface area contributed by atoms with Crippen LogP contribution in [0, 0.1) is 0 Å². The molecular weight excluding hydrogens is 248 g/mol. The second-order valence-corrected chi connectivity index (χ2v) is 5.03. The van der Waals surface area contributed by atoms with E-state index in [0.717, 1.165) is 30.7 Å². The predicted octanol–water partition coefficient (Wildman–Crippen LogP) is 2.77. The number of pyridine rings is 1. The number of hydrogen-bond donors (Lipinski definition) is 1. The first-order valence-electron chi connectivity index (χ1n) is 7.03. The highest BCUT2D eigenvalue weighted by molar-refractivity contribution is 5.29. The van der Waals surface area contributed by atoms with Crippen molar-refractivity contribution >= 4 is 0 Å². The maximum atomic E-state index is 6.22. The summed E-state index contributed by atoms with van der Waals surface area (Å²) in [6, 6.07) is 12.3. The zero-order valence-electron chi connectivity index (χ0n) is 12.2. The quantitative estimate of drug-likeness (QED) is 0.878. The molecule has 0 aliphatic carbocycles. The van der Waals surface area contributed by atoms with Crippen LogP contribution in [0.15, 0.2) is 42.6 Å². The number of benzene rings is 1. The van der Waals surface area contributed by atoms with E-state index >= 15 is 0 Å². The summed E-state index contributed by atoms with van der Waals surface area (Å²) in [6.45, 7) is 2.13.